The van der Waals surface area contributed by atoms with Crippen molar-refractivity contribution in [1.29, 1.82) is 0 Å². The Morgan fingerprint density at radius 1 is 1.07 bits per heavy atom. The standard InChI is InChI=1S/C23H27N3O3/c1-3-13-24-22(28)20-8-5-14-26(20)23(29)18-6-4-7-19(15-18)25-21(27)17-11-9-16(2)10-12-17/h4,6-7,9-12,15,20H,3,5,8,13-14H2,1-2H3,(H,24,28)(H,25,27). The van der Waals surface area contributed by atoms with Gasteiger partial charge >= 0.3 is 0 Å². The van der Waals surface area contributed by atoms with Gasteiger partial charge in [-0.3, -0.25) is 14.4 Å². The minimum absolute atomic E-state index is 0.0958. The maximum Gasteiger partial charge on any atom is 0.255 e. The zero-order valence-electron chi connectivity index (χ0n) is 16.9. The van der Waals surface area contributed by atoms with E-state index in [0.29, 0.717) is 36.3 Å². The first-order valence-electron chi connectivity index (χ1n) is 10.1. The maximum absolute atomic E-state index is 13.0. The molecule has 0 bridgehead atoms. The lowest BCUT2D eigenvalue weighted by Gasteiger charge is -2.24. The molecule has 6 heteroatoms. The fraction of sp³-hybridized carbons (Fsp3) is 0.348. The predicted molar refractivity (Wildman–Crippen MR) is 113 cm³/mol. The highest BCUT2D eigenvalue weighted by Crippen LogP contribution is 2.22. The van der Waals surface area contributed by atoms with E-state index in [9.17, 15) is 14.4 Å². The average Bonchev–Trinajstić information content (AvgIpc) is 3.22. The van der Waals surface area contributed by atoms with Gasteiger partial charge in [-0.2, -0.15) is 0 Å². The zero-order valence-corrected chi connectivity index (χ0v) is 16.9. The molecule has 2 aromatic carbocycles. The topological polar surface area (TPSA) is 78.5 Å². The Morgan fingerprint density at radius 3 is 2.55 bits per heavy atom. The quantitative estimate of drug-likeness (QED) is 0.790. The third kappa shape index (κ3) is 5.02. The molecule has 1 atom stereocenters. The lowest BCUT2D eigenvalue weighted by molar-refractivity contribution is -0.124. The molecule has 0 aromatic heterocycles. The van der Waals surface area contributed by atoms with Crippen LogP contribution in [-0.2, 0) is 4.79 Å². The van der Waals surface area contributed by atoms with Crippen molar-refractivity contribution < 1.29 is 14.4 Å². The molecule has 0 radical (unpaired) electrons. The van der Waals surface area contributed by atoms with E-state index in [0.717, 1.165) is 18.4 Å². The van der Waals surface area contributed by atoms with Gasteiger partial charge in [0.2, 0.25) is 5.91 Å². The highest BCUT2D eigenvalue weighted by atomic mass is 16.2. The molecular formula is C23H27N3O3. The van der Waals surface area contributed by atoms with Gasteiger partial charge in [0.25, 0.3) is 11.8 Å². The summed E-state index contributed by atoms with van der Waals surface area (Å²) >= 11 is 0. The van der Waals surface area contributed by atoms with Gasteiger partial charge in [0, 0.05) is 29.9 Å². The Bertz CT molecular complexity index is 892. The molecule has 1 aliphatic heterocycles. The van der Waals surface area contributed by atoms with Crippen molar-refractivity contribution in [2.24, 2.45) is 0 Å². The van der Waals surface area contributed by atoms with Gasteiger partial charge in [-0.25, -0.2) is 0 Å². The van der Waals surface area contributed by atoms with Crippen molar-refractivity contribution in [2.45, 2.75) is 39.2 Å². The summed E-state index contributed by atoms with van der Waals surface area (Å²) in [5.41, 5.74) is 2.64. The number of nitrogens with one attached hydrogen (secondary N) is 2. The number of carbonyl (C=O) groups excluding carboxylic acids is 3. The van der Waals surface area contributed by atoms with Crippen molar-refractivity contribution in [3.8, 4) is 0 Å². The van der Waals surface area contributed by atoms with Crippen molar-refractivity contribution >= 4 is 23.4 Å². The summed E-state index contributed by atoms with van der Waals surface area (Å²) in [6, 6.07) is 13.7. The molecule has 0 saturated carbocycles. The fourth-order valence-electron chi connectivity index (χ4n) is 3.45. The van der Waals surface area contributed by atoms with Crippen LogP contribution in [0.25, 0.3) is 0 Å². The third-order valence-corrected chi connectivity index (χ3v) is 5.05. The maximum atomic E-state index is 13.0. The summed E-state index contributed by atoms with van der Waals surface area (Å²) in [6.07, 6.45) is 2.33. The van der Waals surface area contributed by atoms with E-state index < -0.39 is 6.04 Å². The first-order valence-corrected chi connectivity index (χ1v) is 10.1. The minimum atomic E-state index is -0.431. The molecule has 1 unspecified atom stereocenters. The highest BCUT2D eigenvalue weighted by Gasteiger charge is 2.34. The number of likely N-dealkylation sites (tertiary alicyclic amines) is 1. The smallest absolute Gasteiger partial charge is 0.255 e. The van der Waals surface area contributed by atoms with Gasteiger partial charge in [-0.05, 0) is 56.5 Å². The van der Waals surface area contributed by atoms with E-state index in [1.807, 2.05) is 26.0 Å². The average molecular weight is 393 g/mol. The van der Waals surface area contributed by atoms with Crippen molar-refractivity contribution in [3.63, 3.8) is 0 Å². The molecule has 6 nitrogen and oxygen atoms in total. The van der Waals surface area contributed by atoms with Gasteiger partial charge < -0.3 is 15.5 Å². The van der Waals surface area contributed by atoms with Crippen LogP contribution in [-0.4, -0.2) is 41.8 Å². The highest BCUT2D eigenvalue weighted by molar-refractivity contribution is 6.05. The molecule has 29 heavy (non-hydrogen) atoms. The molecule has 2 N–H and O–H groups in total. The second-order valence-electron chi connectivity index (χ2n) is 7.35. The SMILES string of the molecule is CCCNC(=O)C1CCCN1C(=O)c1cccc(NC(=O)c2ccc(C)cc2)c1. The summed E-state index contributed by atoms with van der Waals surface area (Å²) in [6.45, 7) is 5.13. The lowest BCUT2D eigenvalue weighted by atomic mass is 10.1. The normalized spacial score (nSPS) is 15.8. The summed E-state index contributed by atoms with van der Waals surface area (Å²) in [7, 11) is 0. The third-order valence-electron chi connectivity index (χ3n) is 5.05. The second-order valence-corrected chi connectivity index (χ2v) is 7.35. The van der Waals surface area contributed by atoms with Gasteiger partial charge in [0.15, 0.2) is 0 Å². The first kappa shape index (κ1) is 20.6. The van der Waals surface area contributed by atoms with E-state index in [1.54, 1.807) is 41.3 Å². The Labute approximate surface area is 171 Å². The molecule has 1 fully saturated rings. The largest absolute Gasteiger partial charge is 0.354 e. The van der Waals surface area contributed by atoms with Crippen LogP contribution >= 0.6 is 0 Å². The van der Waals surface area contributed by atoms with E-state index in [4.69, 9.17) is 0 Å². The predicted octanol–water partition coefficient (Wildman–Crippen LogP) is 3.38. The molecule has 1 saturated heterocycles. The number of carbonyl (C=O) groups is 3. The molecule has 152 valence electrons. The number of rotatable bonds is 6. The van der Waals surface area contributed by atoms with Crippen LogP contribution in [0, 0.1) is 6.92 Å². The van der Waals surface area contributed by atoms with Crippen LogP contribution in [0.5, 0.6) is 0 Å². The van der Waals surface area contributed by atoms with E-state index >= 15 is 0 Å². The zero-order chi connectivity index (χ0) is 20.8. The van der Waals surface area contributed by atoms with E-state index in [1.165, 1.54) is 0 Å². The number of anilines is 1. The summed E-state index contributed by atoms with van der Waals surface area (Å²) in [5.74, 6) is -0.514. The first-order chi connectivity index (χ1) is 14.0. The lowest BCUT2D eigenvalue weighted by Crippen LogP contribution is -2.46. The summed E-state index contributed by atoms with van der Waals surface area (Å²) in [4.78, 5) is 39.5. The monoisotopic (exact) mass is 393 g/mol. The second kappa shape index (κ2) is 9.37. The number of benzene rings is 2. The Balaban J connectivity index is 1.71. The molecule has 0 aliphatic carbocycles. The van der Waals surface area contributed by atoms with Gasteiger partial charge in [0.05, 0.1) is 0 Å². The van der Waals surface area contributed by atoms with E-state index in [-0.39, 0.29) is 17.7 Å². The Kier molecular flexibility index (Phi) is 6.65. The number of hydrogen-bond acceptors (Lipinski definition) is 3. The van der Waals surface area contributed by atoms with Crippen molar-refractivity contribution in [3.05, 3.63) is 65.2 Å². The molecular weight excluding hydrogens is 366 g/mol. The van der Waals surface area contributed by atoms with Crippen LogP contribution in [0.4, 0.5) is 5.69 Å². The molecule has 1 aliphatic rings. The molecule has 2 aromatic rings. The van der Waals surface area contributed by atoms with E-state index in [2.05, 4.69) is 10.6 Å². The Morgan fingerprint density at radius 2 is 1.83 bits per heavy atom. The number of amides is 3. The molecule has 1 heterocycles. The summed E-state index contributed by atoms with van der Waals surface area (Å²) < 4.78 is 0. The molecule has 3 rings (SSSR count). The van der Waals surface area contributed by atoms with Gasteiger partial charge in [0.1, 0.15) is 6.04 Å². The molecule has 3 amide bonds. The summed E-state index contributed by atoms with van der Waals surface area (Å²) in [5, 5.41) is 5.72. The van der Waals surface area contributed by atoms with Gasteiger partial charge in [-0.15, -0.1) is 0 Å². The van der Waals surface area contributed by atoms with Gasteiger partial charge in [-0.1, -0.05) is 30.7 Å². The van der Waals surface area contributed by atoms with Crippen LogP contribution in [0.1, 0.15) is 52.5 Å². The Hall–Kier alpha value is -3.15. The number of nitrogens with zero attached hydrogens (tertiary/aromatic N) is 1. The van der Waals surface area contributed by atoms with Crippen LogP contribution in [0.3, 0.4) is 0 Å². The van der Waals surface area contributed by atoms with Crippen molar-refractivity contribution in [2.75, 3.05) is 18.4 Å². The minimum Gasteiger partial charge on any atom is -0.354 e. The van der Waals surface area contributed by atoms with Crippen LogP contribution in [0.2, 0.25) is 0 Å². The number of aryl methyl sites for hydroxylation is 1. The van der Waals surface area contributed by atoms with Crippen LogP contribution < -0.4 is 10.6 Å². The fourth-order valence-corrected chi connectivity index (χ4v) is 3.45. The number of hydrogen-bond donors (Lipinski definition) is 2. The molecule has 0 spiro atoms. The van der Waals surface area contributed by atoms with Crippen molar-refractivity contribution in [1.82, 2.24) is 10.2 Å². The van der Waals surface area contributed by atoms with Crippen LogP contribution in [0.15, 0.2) is 48.5 Å².